The van der Waals surface area contributed by atoms with E-state index in [4.69, 9.17) is 16.3 Å². The fourth-order valence-electron chi connectivity index (χ4n) is 11.3. The number of amides is 12. The number of nitrogens with one attached hydrogen (secondary N) is 4. The fourth-order valence-corrected chi connectivity index (χ4v) is 11.5. The Balaban J connectivity index is 1.89. The Bertz CT molecular complexity index is 2990. The Hall–Kier alpha value is -7.83. The fraction of sp³-hybridized carbons (Fsp3) is 0.647. The number of methoxy groups -OCH3 is 1. The third-order valence-electron chi connectivity index (χ3n) is 18.0. The summed E-state index contributed by atoms with van der Waals surface area (Å²) in [5, 5.41) is 11.8. The molecule has 0 radical (unpaired) electrons. The van der Waals surface area contributed by atoms with Crippen LogP contribution in [0.4, 0.5) is 0 Å². The lowest BCUT2D eigenvalue weighted by Gasteiger charge is -2.39. The van der Waals surface area contributed by atoms with Crippen molar-refractivity contribution in [3.05, 3.63) is 64.7 Å². The average molecular weight is 1330 g/mol. The van der Waals surface area contributed by atoms with Crippen LogP contribution in [0.25, 0.3) is 0 Å². The molecule has 2 saturated heterocycles. The van der Waals surface area contributed by atoms with Crippen LogP contribution in [0.5, 0.6) is 5.75 Å². The van der Waals surface area contributed by atoms with Crippen molar-refractivity contribution in [1.82, 2.24) is 60.5 Å². The molecule has 1 unspecified atom stereocenters. The van der Waals surface area contributed by atoms with Crippen molar-refractivity contribution in [2.75, 3.05) is 89.2 Å². The van der Waals surface area contributed by atoms with Crippen LogP contribution >= 0.6 is 11.6 Å². The van der Waals surface area contributed by atoms with Gasteiger partial charge >= 0.3 is 0 Å². The van der Waals surface area contributed by atoms with Gasteiger partial charge in [0.15, 0.2) is 0 Å². The first-order valence-electron chi connectivity index (χ1n) is 32.7. The molecule has 2 aliphatic rings. The number of carbonyl (C=O) groups is 12. The normalized spacial score (nSPS) is 23.8. The van der Waals surface area contributed by atoms with E-state index in [9.17, 15) is 52.7 Å². The van der Waals surface area contributed by atoms with Crippen LogP contribution in [-0.2, 0) is 70.4 Å². The largest absolute Gasteiger partial charge is 0.497 e. The summed E-state index contributed by atoms with van der Waals surface area (Å²) in [6.45, 7) is 14.9. The van der Waals surface area contributed by atoms with Crippen molar-refractivity contribution in [3.63, 3.8) is 0 Å². The molecule has 4 N–H and O–H groups in total. The minimum Gasteiger partial charge on any atom is -0.497 e. The molecule has 26 heteroatoms. The van der Waals surface area contributed by atoms with Crippen molar-refractivity contribution in [1.29, 1.82) is 0 Å². The van der Waals surface area contributed by atoms with E-state index in [-0.39, 0.29) is 43.9 Å². The third kappa shape index (κ3) is 21.9. The number of likely N-dealkylation sites (tertiary alicyclic amines) is 1. The van der Waals surface area contributed by atoms with E-state index in [0.717, 1.165) is 19.6 Å². The Morgan fingerprint density at radius 2 is 1.20 bits per heavy atom. The SMILES string of the molecule is CCCC[C@@H]1NC(=O)[C@H](Cc2cccc(OC)c2)NC(=O)CN(C)C(=O)[C@H](Cc2ccc(Cl)cc2)N(C)C(=O)CN(C)C(=O)CN(C)C(=O)[C@H]([C@@H](C)CC)NC(=O)[C@H](CC(C)C)N(C)C(=O)CC(C(=O)N2CCCC2)N(C)C(=O)[C@H](CC(C)C)NC(=O)C(C)(C)N(C)C1=O. The van der Waals surface area contributed by atoms with Crippen LogP contribution in [-0.4, -0.2) is 247 Å². The molecule has 522 valence electrons. The van der Waals surface area contributed by atoms with E-state index in [1.807, 2.05) is 41.5 Å². The highest BCUT2D eigenvalue weighted by Gasteiger charge is 2.44. The predicted molar refractivity (Wildman–Crippen MR) is 357 cm³/mol. The van der Waals surface area contributed by atoms with Crippen LogP contribution < -0.4 is 26.0 Å². The summed E-state index contributed by atoms with van der Waals surface area (Å²) >= 11 is 6.23. The number of likely N-dealkylation sites (N-methyl/N-ethyl adjacent to an activating group) is 7. The minimum absolute atomic E-state index is 0.0578. The van der Waals surface area contributed by atoms with Gasteiger partial charge in [0.2, 0.25) is 70.9 Å². The highest BCUT2D eigenvalue weighted by atomic mass is 35.5. The van der Waals surface area contributed by atoms with E-state index in [2.05, 4.69) is 21.3 Å². The van der Waals surface area contributed by atoms with Gasteiger partial charge < -0.3 is 65.2 Å². The van der Waals surface area contributed by atoms with Crippen LogP contribution in [0.15, 0.2) is 48.5 Å². The molecule has 4 rings (SSSR count). The van der Waals surface area contributed by atoms with E-state index >= 15 is 4.79 Å². The van der Waals surface area contributed by atoms with E-state index in [1.54, 1.807) is 60.4 Å². The maximum Gasteiger partial charge on any atom is 0.246 e. The number of unbranched alkanes of at least 4 members (excludes halogenated alkanes) is 1. The molecule has 2 aromatic carbocycles. The van der Waals surface area contributed by atoms with Gasteiger partial charge in [-0.05, 0) is 99.1 Å². The Labute approximate surface area is 561 Å². The second kappa shape index (κ2) is 36.2. The van der Waals surface area contributed by atoms with Gasteiger partial charge in [-0.25, -0.2) is 0 Å². The van der Waals surface area contributed by atoms with E-state index in [0.29, 0.717) is 67.1 Å². The number of hydrogen-bond acceptors (Lipinski definition) is 13. The van der Waals surface area contributed by atoms with Gasteiger partial charge in [0.25, 0.3) is 0 Å². The van der Waals surface area contributed by atoms with Gasteiger partial charge in [0.1, 0.15) is 53.6 Å². The first-order valence-corrected chi connectivity index (χ1v) is 33.1. The molecule has 0 bridgehead atoms. The molecule has 0 aliphatic carbocycles. The highest BCUT2D eigenvalue weighted by Crippen LogP contribution is 2.24. The lowest BCUT2D eigenvalue weighted by atomic mass is 9.95. The van der Waals surface area contributed by atoms with Crippen LogP contribution in [0.2, 0.25) is 5.02 Å². The van der Waals surface area contributed by atoms with Crippen molar-refractivity contribution < 1.29 is 62.3 Å². The first kappa shape index (κ1) is 78.6. The van der Waals surface area contributed by atoms with Crippen molar-refractivity contribution in [3.8, 4) is 5.75 Å². The summed E-state index contributed by atoms with van der Waals surface area (Å²) in [5.41, 5.74) is -0.539. The topological polar surface area (TPSA) is 288 Å². The molecule has 0 saturated carbocycles. The Morgan fingerprint density at radius 1 is 0.606 bits per heavy atom. The van der Waals surface area contributed by atoms with Gasteiger partial charge in [-0.3, -0.25) is 57.5 Å². The Morgan fingerprint density at radius 3 is 1.79 bits per heavy atom. The predicted octanol–water partition coefficient (Wildman–Crippen LogP) is 3.52. The van der Waals surface area contributed by atoms with Gasteiger partial charge in [0, 0.05) is 80.3 Å². The Kier molecular flexibility index (Phi) is 30.2. The maximum absolute atomic E-state index is 15.1. The molecule has 0 spiro atoms. The highest BCUT2D eigenvalue weighted by molar-refractivity contribution is 6.30. The zero-order valence-corrected chi connectivity index (χ0v) is 59.2. The molecular weight excluding hydrogens is 1230 g/mol. The van der Waals surface area contributed by atoms with Crippen molar-refractivity contribution >= 4 is 82.5 Å². The zero-order valence-electron chi connectivity index (χ0n) is 58.5. The quantitative estimate of drug-likeness (QED) is 0.199. The van der Waals surface area contributed by atoms with Crippen LogP contribution in [0.3, 0.4) is 0 Å². The lowest BCUT2D eigenvalue weighted by molar-refractivity contribution is -0.151. The summed E-state index contributed by atoms with van der Waals surface area (Å²) in [6.07, 6.45) is 2.44. The molecule has 8 atom stereocenters. The molecular formula is C68H105ClN12O13. The molecule has 2 fully saturated rings. The van der Waals surface area contributed by atoms with Crippen molar-refractivity contribution in [2.24, 2.45) is 17.8 Å². The van der Waals surface area contributed by atoms with E-state index < -0.39 is 151 Å². The lowest BCUT2D eigenvalue weighted by Crippen LogP contribution is -2.63. The van der Waals surface area contributed by atoms with Crippen molar-refractivity contribution in [2.45, 2.75) is 181 Å². The smallest absolute Gasteiger partial charge is 0.246 e. The second-order valence-corrected chi connectivity index (χ2v) is 27.1. The van der Waals surface area contributed by atoms with Gasteiger partial charge in [-0.2, -0.15) is 0 Å². The summed E-state index contributed by atoms with van der Waals surface area (Å²) in [6, 6.07) is 4.48. The number of ether oxygens (including phenoxy) is 1. The molecule has 2 aromatic rings. The summed E-state index contributed by atoms with van der Waals surface area (Å²) in [5.74, 6) is -8.56. The maximum atomic E-state index is 15.1. The molecule has 2 aliphatic heterocycles. The number of rotatable bonds is 15. The number of nitrogens with zero attached hydrogens (tertiary/aromatic N) is 8. The number of halogens is 1. The van der Waals surface area contributed by atoms with Gasteiger partial charge in [-0.1, -0.05) is 104 Å². The summed E-state index contributed by atoms with van der Waals surface area (Å²) in [7, 11) is 11.2. The molecule has 2 heterocycles. The summed E-state index contributed by atoms with van der Waals surface area (Å²) < 4.78 is 5.46. The second-order valence-electron chi connectivity index (χ2n) is 26.7. The van der Waals surface area contributed by atoms with E-state index in [1.165, 1.54) is 85.0 Å². The number of carbonyl (C=O) groups excluding carboxylic acids is 12. The summed E-state index contributed by atoms with van der Waals surface area (Å²) in [4.78, 5) is 185. The monoisotopic (exact) mass is 1330 g/mol. The standard InChI is InChI=1S/C68H105ClN12O13/c1-18-20-26-49-63(89)80(16)68(8,9)67(93)72-51(33-42(3)4)62(88)79(15)54(65(91)81-31-21-22-32-81)38-56(83)77(13)52(34-43(5)6)61(87)73-59(44(7)19-2)66(92)76(12)40-57(84)74(10)41-58(85)78(14)53(37-45-27-29-47(69)30-28-45)64(90)75(11)39-55(82)70-50(60(86)71-49)36-46-24-23-25-48(35-46)94-17/h23-25,27-30,35,42-44,49-54,59H,18-22,26,31-34,36-41H2,1-17H3,(H,70,82)(H,71,86)(H,72,93)(H,73,87)/t44-,49-,50-,51-,52-,53-,54?,59-/m0/s1. The van der Waals surface area contributed by atoms with Gasteiger partial charge in [-0.15, -0.1) is 0 Å². The minimum atomic E-state index is -1.70. The third-order valence-corrected chi connectivity index (χ3v) is 18.3. The molecule has 25 nitrogen and oxygen atoms in total. The van der Waals surface area contributed by atoms with Crippen LogP contribution in [0, 0.1) is 17.8 Å². The average Bonchev–Trinajstić information content (AvgIpc) is 0.899. The molecule has 94 heavy (non-hydrogen) atoms. The number of benzene rings is 2. The first-order chi connectivity index (χ1) is 44.1. The zero-order chi connectivity index (χ0) is 70.6. The molecule has 0 aromatic heterocycles. The van der Waals surface area contributed by atoms with Crippen LogP contribution in [0.1, 0.15) is 131 Å². The van der Waals surface area contributed by atoms with Gasteiger partial charge in [0.05, 0.1) is 33.2 Å². The molecule has 12 amide bonds. The number of hydrogen-bond donors (Lipinski definition) is 4.